The van der Waals surface area contributed by atoms with Crippen molar-refractivity contribution in [2.45, 2.75) is 32.4 Å². The second kappa shape index (κ2) is 7.39. The van der Waals surface area contributed by atoms with E-state index in [0.29, 0.717) is 31.3 Å². The Kier molecular flexibility index (Phi) is 4.81. The molecule has 1 N–H and O–H groups in total. The SMILES string of the molecule is CCc1nc(C[C@H]2CN(Cc3cc(=O)c4ccccc4[nH]3)CCO2)no1. The Balaban J connectivity index is 1.44. The van der Waals surface area contributed by atoms with Gasteiger partial charge >= 0.3 is 0 Å². The Hall–Kier alpha value is -2.51. The van der Waals surface area contributed by atoms with Crippen LogP contribution < -0.4 is 5.43 Å². The largest absolute Gasteiger partial charge is 0.375 e. The fourth-order valence-corrected chi connectivity index (χ4v) is 3.35. The quantitative estimate of drug-likeness (QED) is 0.753. The van der Waals surface area contributed by atoms with Crippen molar-refractivity contribution < 1.29 is 9.26 Å². The van der Waals surface area contributed by atoms with E-state index in [1.165, 1.54) is 0 Å². The summed E-state index contributed by atoms with van der Waals surface area (Å²) in [6.45, 7) is 4.93. The molecule has 7 nitrogen and oxygen atoms in total. The van der Waals surface area contributed by atoms with Gasteiger partial charge in [-0.15, -0.1) is 0 Å². The summed E-state index contributed by atoms with van der Waals surface area (Å²) in [4.78, 5) is 22.3. The predicted molar refractivity (Wildman–Crippen MR) is 97.0 cm³/mol. The number of H-pyrrole nitrogens is 1. The molecule has 1 fully saturated rings. The van der Waals surface area contributed by atoms with E-state index in [9.17, 15) is 4.79 Å². The molecule has 1 aliphatic rings. The summed E-state index contributed by atoms with van der Waals surface area (Å²) < 4.78 is 11.0. The van der Waals surface area contributed by atoms with Crippen LogP contribution in [-0.4, -0.2) is 45.8 Å². The second-order valence-electron chi connectivity index (χ2n) is 6.59. The lowest BCUT2D eigenvalue weighted by atomic mass is 10.1. The van der Waals surface area contributed by atoms with Crippen molar-refractivity contribution in [3.05, 3.63) is 58.0 Å². The monoisotopic (exact) mass is 354 g/mol. The molecule has 1 aromatic carbocycles. The lowest BCUT2D eigenvalue weighted by Gasteiger charge is -2.32. The third kappa shape index (κ3) is 3.68. The number of fused-ring (bicyclic) bond motifs is 1. The third-order valence-corrected chi connectivity index (χ3v) is 4.63. The highest BCUT2D eigenvalue weighted by Gasteiger charge is 2.23. The number of morpholine rings is 1. The highest BCUT2D eigenvalue weighted by atomic mass is 16.5. The number of aromatic nitrogens is 3. The molecule has 0 amide bonds. The number of rotatable bonds is 5. The topological polar surface area (TPSA) is 84.2 Å². The van der Waals surface area contributed by atoms with Crippen LogP contribution in [0.25, 0.3) is 10.9 Å². The first kappa shape index (κ1) is 16.9. The predicted octanol–water partition coefficient (Wildman–Crippen LogP) is 1.92. The van der Waals surface area contributed by atoms with Crippen molar-refractivity contribution in [2.75, 3.05) is 19.7 Å². The molecule has 0 aliphatic carbocycles. The average molecular weight is 354 g/mol. The standard InChI is InChI=1S/C19H22N4O3/c1-2-19-21-18(22-26-19)10-14-12-23(7-8-25-14)11-13-9-17(24)15-5-3-4-6-16(15)20-13/h3-6,9,14H,2,7-8,10-12H2,1H3,(H,20,24)/t14-/m0/s1. The molecular formula is C19H22N4O3. The van der Waals surface area contributed by atoms with Gasteiger partial charge in [-0.2, -0.15) is 4.98 Å². The van der Waals surface area contributed by atoms with Crippen LogP contribution in [0, 0.1) is 0 Å². The molecule has 7 heteroatoms. The van der Waals surface area contributed by atoms with Gasteiger partial charge in [-0.25, -0.2) is 0 Å². The first-order chi connectivity index (χ1) is 12.7. The van der Waals surface area contributed by atoms with Gasteiger partial charge in [-0.3, -0.25) is 9.69 Å². The van der Waals surface area contributed by atoms with Gasteiger partial charge in [0.15, 0.2) is 11.3 Å². The van der Waals surface area contributed by atoms with Gasteiger partial charge in [-0.05, 0) is 12.1 Å². The van der Waals surface area contributed by atoms with Crippen LogP contribution in [0.2, 0.25) is 0 Å². The van der Waals surface area contributed by atoms with Crippen LogP contribution >= 0.6 is 0 Å². The van der Waals surface area contributed by atoms with Crippen LogP contribution in [-0.2, 0) is 24.1 Å². The molecule has 2 aromatic heterocycles. The molecular weight excluding hydrogens is 332 g/mol. The zero-order valence-electron chi connectivity index (χ0n) is 14.8. The first-order valence-electron chi connectivity index (χ1n) is 8.97. The van der Waals surface area contributed by atoms with Crippen LogP contribution in [0.5, 0.6) is 0 Å². The molecule has 4 rings (SSSR count). The summed E-state index contributed by atoms with van der Waals surface area (Å²) in [5.74, 6) is 1.34. The maximum Gasteiger partial charge on any atom is 0.226 e. The van der Waals surface area contributed by atoms with Crippen molar-refractivity contribution in [3.63, 3.8) is 0 Å². The van der Waals surface area contributed by atoms with Gasteiger partial charge in [-0.1, -0.05) is 24.2 Å². The molecule has 0 bridgehead atoms. The first-order valence-corrected chi connectivity index (χ1v) is 8.97. The minimum Gasteiger partial charge on any atom is -0.375 e. The summed E-state index contributed by atoms with van der Waals surface area (Å²) in [7, 11) is 0. The van der Waals surface area contributed by atoms with Gasteiger partial charge in [0.2, 0.25) is 5.89 Å². The summed E-state index contributed by atoms with van der Waals surface area (Å²) in [6, 6.07) is 9.29. The van der Waals surface area contributed by atoms with Crippen molar-refractivity contribution in [1.82, 2.24) is 20.0 Å². The highest BCUT2D eigenvalue weighted by Crippen LogP contribution is 2.14. The number of aromatic amines is 1. The Bertz CT molecular complexity index is 949. The minimum absolute atomic E-state index is 0.0261. The Labute approximate surface area is 151 Å². The van der Waals surface area contributed by atoms with Gasteiger partial charge in [0.25, 0.3) is 0 Å². The zero-order valence-corrected chi connectivity index (χ0v) is 14.8. The fraction of sp³-hybridized carbons (Fsp3) is 0.421. The number of nitrogens with zero attached hydrogens (tertiary/aromatic N) is 3. The maximum absolute atomic E-state index is 12.3. The fourth-order valence-electron chi connectivity index (χ4n) is 3.35. The van der Waals surface area contributed by atoms with E-state index in [2.05, 4.69) is 20.0 Å². The van der Waals surface area contributed by atoms with Gasteiger partial charge in [0, 0.05) is 55.1 Å². The van der Waals surface area contributed by atoms with E-state index >= 15 is 0 Å². The number of para-hydroxylation sites is 1. The molecule has 26 heavy (non-hydrogen) atoms. The minimum atomic E-state index is 0.0261. The van der Waals surface area contributed by atoms with Crippen molar-refractivity contribution in [3.8, 4) is 0 Å². The molecule has 1 aliphatic heterocycles. The molecule has 0 radical (unpaired) electrons. The van der Waals surface area contributed by atoms with E-state index in [1.807, 2.05) is 31.2 Å². The smallest absolute Gasteiger partial charge is 0.226 e. The Morgan fingerprint density at radius 3 is 3.08 bits per heavy atom. The van der Waals surface area contributed by atoms with Crippen molar-refractivity contribution in [2.24, 2.45) is 0 Å². The van der Waals surface area contributed by atoms with Gasteiger partial charge < -0.3 is 14.2 Å². The van der Waals surface area contributed by atoms with Crippen LogP contribution in [0.1, 0.15) is 24.3 Å². The molecule has 1 saturated heterocycles. The number of benzene rings is 1. The third-order valence-electron chi connectivity index (χ3n) is 4.63. The summed E-state index contributed by atoms with van der Waals surface area (Å²) >= 11 is 0. The van der Waals surface area contributed by atoms with E-state index in [-0.39, 0.29) is 11.5 Å². The van der Waals surface area contributed by atoms with Crippen molar-refractivity contribution >= 4 is 10.9 Å². The molecule has 3 heterocycles. The average Bonchev–Trinajstić information content (AvgIpc) is 3.10. The van der Waals surface area contributed by atoms with E-state index in [4.69, 9.17) is 9.26 Å². The van der Waals surface area contributed by atoms with Crippen LogP contribution in [0.4, 0.5) is 0 Å². The Morgan fingerprint density at radius 1 is 1.35 bits per heavy atom. The second-order valence-corrected chi connectivity index (χ2v) is 6.59. The maximum atomic E-state index is 12.3. The lowest BCUT2D eigenvalue weighted by Crippen LogP contribution is -2.43. The number of pyridine rings is 1. The van der Waals surface area contributed by atoms with Crippen LogP contribution in [0.3, 0.4) is 0 Å². The number of hydrogen-bond donors (Lipinski definition) is 1. The summed E-state index contributed by atoms with van der Waals surface area (Å²) in [5.41, 5.74) is 1.85. The summed E-state index contributed by atoms with van der Waals surface area (Å²) in [5, 5.41) is 4.73. The number of nitrogens with one attached hydrogen (secondary N) is 1. The number of aryl methyl sites for hydroxylation is 1. The van der Waals surface area contributed by atoms with E-state index in [1.54, 1.807) is 6.07 Å². The zero-order chi connectivity index (χ0) is 17.9. The molecule has 136 valence electrons. The molecule has 0 unspecified atom stereocenters. The van der Waals surface area contributed by atoms with Crippen molar-refractivity contribution in [1.29, 1.82) is 0 Å². The highest BCUT2D eigenvalue weighted by molar-refractivity contribution is 5.78. The number of hydrogen-bond acceptors (Lipinski definition) is 6. The molecule has 1 atom stereocenters. The normalized spacial score (nSPS) is 18.4. The lowest BCUT2D eigenvalue weighted by molar-refractivity contribution is -0.0318. The van der Waals surface area contributed by atoms with E-state index < -0.39 is 0 Å². The van der Waals surface area contributed by atoms with Gasteiger partial charge in [0.1, 0.15) is 0 Å². The van der Waals surface area contributed by atoms with E-state index in [0.717, 1.165) is 36.1 Å². The van der Waals surface area contributed by atoms with Gasteiger partial charge in [0.05, 0.1) is 12.7 Å². The molecule has 0 saturated carbocycles. The molecule has 0 spiro atoms. The Morgan fingerprint density at radius 2 is 2.23 bits per heavy atom. The number of ether oxygens (including phenoxy) is 1. The summed E-state index contributed by atoms with van der Waals surface area (Å²) in [6.07, 6.45) is 1.40. The van der Waals surface area contributed by atoms with Crippen LogP contribution in [0.15, 0.2) is 39.6 Å². The molecule has 3 aromatic rings.